The van der Waals surface area contributed by atoms with Gasteiger partial charge in [0, 0.05) is 0 Å². The van der Waals surface area contributed by atoms with Gasteiger partial charge in [0.15, 0.2) is 0 Å². The topological polar surface area (TPSA) is 30.7 Å². The molecule has 0 fully saturated rings. The second-order valence-electron chi connectivity index (χ2n) is 7.57. The van der Waals surface area contributed by atoms with E-state index in [4.69, 9.17) is 10.2 Å². The Hall–Kier alpha value is -2.16. The van der Waals surface area contributed by atoms with Crippen LogP contribution in [0.15, 0.2) is 24.3 Å². The van der Waals surface area contributed by atoms with E-state index in [1.54, 1.807) is 0 Å². The molecule has 0 atom stereocenters. The zero-order valence-corrected chi connectivity index (χ0v) is 15.2. The van der Waals surface area contributed by atoms with Gasteiger partial charge in [0.25, 0.3) is 0 Å². The molecule has 3 nitrogen and oxygen atoms in total. The van der Waals surface area contributed by atoms with Crippen LogP contribution in [0.5, 0.6) is 0 Å². The molecule has 0 spiro atoms. The smallest absolute Gasteiger partial charge is 0.113 e. The Balaban J connectivity index is 2.31. The highest BCUT2D eigenvalue weighted by Crippen LogP contribution is 2.33. The van der Waals surface area contributed by atoms with Crippen molar-refractivity contribution < 1.29 is 0 Å². The number of hydrogen-bond donors (Lipinski definition) is 0. The molecule has 0 amide bonds. The van der Waals surface area contributed by atoms with Crippen molar-refractivity contribution >= 4 is 11.0 Å². The molecule has 2 aromatic carbocycles. The zero-order valence-electron chi connectivity index (χ0n) is 15.2. The molecular formula is C20H25N3. The van der Waals surface area contributed by atoms with Crippen LogP contribution < -0.4 is 0 Å². The van der Waals surface area contributed by atoms with Crippen LogP contribution in [0, 0.1) is 27.7 Å². The number of benzene rings is 2. The molecule has 0 N–H and O–H groups in total. The third-order valence-corrected chi connectivity index (χ3v) is 4.61. The van der Waals surface area contributed by atoms with Crippen LogP contribution in [0.2, 0.25) is 0 Å². The SMILES string of the molecule is Cc1ccc2nn(-c3c(C)c(C)cc(C(C)(C)C)c3C)nc2c1. The van der Waals surface area contributed by atoms with E-state index in [0.717, 1.165) is 16.7 Å². The van der Waals surface area contributed by atoms with Crippen molar-refractivity contribution in [3.05, 3.63) is 52.1 Å². The summed E-state index contributed by atoms with van der Waals surface area (Å²) in [6, 6.07) is 8.52. The number of nitrogens with zero attached hydrogens (tertiary/aromatic N) is 3. The van der Waals surface area contributed by atoms with Gasteiger partial charge in [-0.1, -0.05) is 32.9 Å². The fraction of sp³-hybridized carbons (Fsp3) is 0.400. The Bertz CT molecular complexity index is 895. The number of aromatic nitrogens is 3. The van der Waals surface area contributed by atoms with E-state index in [-0.39, 0.29) is 5.41 Å². The van der Waals surface area contributed by atoms with Crippen molar-refractivity contribution in [2.45, 2.75) is 53.9 Å². The maximum Gasteiger partial charge on any atom is 0.113 e. The van der Waals surface area contributed by atoms with E-state index in [9.17, 15) is 0 Å². The van der Waals surface area contributed by atoms with Gasteiger partial charge in [0.2, 0.25) is 0 Å². The summed E-state index contributed by atoms with van der Waals surface area (Å²) in [6.07, 6.45) is 0. The molecule has 0 aliphatic carbocycles. The van der Waals surface area contributed by atoms with Gasteiger partial charge in [0.1, 0.15) is 11.0 Å². The summed E-state index contributed by atoms with van der Waals surface area (Å²) in [5, 5.41) is 9.45. The van der Waals surface area contributed by atoms with E-state index in [1.165, 1.54) is 27.8 Å². The molecule has 3 aromatic rings. The Labute approximate surface area is 138 Å². The Morgan fingerprint density at radius 1 is 0.826 bits per heavy atom. The molecule has 1 aromatic heterocycles. The van der Waals surface area contributed by atoms with Gasteiger partial charge in [-0.2, -0.15) is 0 Å². The molecule has 0 bridgehead atoms. The Kier molecular flexibility index (Phi) is 3.55. The van der Waals surface area contributed by atoms with Crippen LogP contribution in [0.3, 0.4) is 0 Å². The van der Waals surface area contributed by atoms with Crippen LogP contribution in [-0.2, 0) is 5.41 Å². The summed E-state index contributed by atoms with van der Waals surface area (Å²) in [7, 11) is 0. The summed E-state index contributed by atoms with van der Waals surface area (Å²) in [5.74, 6) is 0. The molecule has 3 heteroatoms. The average Bonchev–Trinajstić information content (AvgIpc) is 2.84. The first kappa shape index (κ1) is 15.7. The summed E-state index contributed by atoms with van der Waals surface area (Å²) >= 11 is 0. The first-order chi connectivity index (χ1) is 10.7. The van der Waals surface area contributed by atoms with Gasteiger partial charge in [0.05, 0.1) is 5.69 Å². The van der Waals surface area contributed by atoms with Crippen molar-refractivity contribution in [3.63, 3.8) is 0 Å². The van der Waals surface area contributed by atoms with Crippen LogP contribution in [0.1, 0.15) is 48.6 Å². The predicted octanol–water partition coefficient (Wildman–Crippen LogP) is 4.95. The van der Waals surface area contributed by atoms with Crippen molar-refractivity contribution in [3.8, 4) is 5.69 Å². The standard InChI is InChI=1S/C20H25N3/c1-12-8-9-17-18(10-12)22-23(21-17)19-14(3)13(2)11-16(15(19)4)20(5,6)7/h8-11H,1-7H3. The fourth-order valence-corrected chi connectivity index (χ4v) is 3.23. The molecule has 23 heavy (non-hydrogen) atoms. The molecule has 3 rings (SSSR count). The lowest BCUT2D eigenvalue weighted by Crippen LogP contribution is -2.17. The van der Waals surface area contributed by atoms with Crippen molar-refractivity contribution in [1.82, 2.24) is 15.0 Å². The maximum atomic E-state index is 4.74. The predicted molar refractivity (Wildman–Crippen MR) is 96.5 cm³/mol. The van der Waals surface area contributed by atoms with Crippen LogP contribution in [0.25, 0.3) is 16.7 Å². The Morgan fingerprint density at radius 2 is 1.48 bits per heavy atom. The van der Waals surface area contributed by atoms with E-state index in [2.05, 4.69) is 66.7 Å². The summed E-state index contributed by atoms with van der Waals surface area (Å²) in [4.78, 5) is 1.82. The summed E-state index contributed by atoms with van der Waals surface area (Å²) in [5.41, 5.74) is 9.45. The monoisotopic (exact) mass is 307 g/mol. The van der Waals surface area contributed by atoms with Gasteiger partial charge in [-0.05, 0) is 73.1 Å². The third kappa shape index (κ3) is 2.65. The highest BCUT2D eigenvalue weighted by Gasteiger charge is 2.22. The Morgan fingerprint density at radius 3 is 2.13 bits per heavy atom. The van der Waals surface area contributed by atoms with E-state index in [0.29, 0.717) is 0 Å². The van der Waals surface area contributed by atoms with Crippen molar-refractivity contribution in [2.24, 2.45) is 0 Å². The van der Waals surface area contributed by atoms with E-state index in [1.807, 2.05) is 10.9 Å². The first-order valence-electron chi connectivity index (χ1n) is 8.14. The number of hydrogen-bond acceptors (Lipinski definition) is 2. The molecule has 0 unspecified atom stereocenters. The summed E-state index contributed by atoms with van der Waals surface area (Å²) < 4.78 is 0. The number of aryl methyl sites for hydroxylation is 2. The molecule has 1 heterocycles. The lowest BCUT2D eigenvalue weighted by Gasteiger charge is -2.25. The molecule has 0 saturated heterocycles. The van der Waals surface area contributed by atoms with Crippen LogP contribution in [-0.4, -0.2) is 15.0 Å². The van der Waals surface area contributed by atoms with Gasteiger partial charge in [-0.25, -0.2) is 0 Å². The zero-order chi connectivity index (χ0) is 16.9. The molecule has 0 aliphatic heterocycles. The maximum absolute atomic E-state index is 4.74. The lowest BCUT2D eigenvalue weighted by molar-refractivity contribution is 0.582. The molecule has 0 aliphatic rings. The molecule has 120 valence electrons. The lowest BCUT2D eigenvalue weighted by atomic mass is 9.81. The second kappa shape index (κ2) is 5.19. The minimum absolute atomic E-state index is 0.0977. The highest BCUT2D eigenvalue weighted by molar-refractivity contribution is 5.75. The van der Waals surface area contributed by atoms with Crippen molar-refractivity contribution in [2.75, 3.05) is 0 Å². The van der Waals surface area contributed by atoms with Gasteiger partial charge in [-0.15, -0.1) is 15.0 Å². The first-order valence-corrected chi connectivity index (χ1v) is 8.14. The summed E-state index contributed by atoms with van der Waals surface area (Å²) in [6.45, 7) is 15.4. The van der Waals surface area contributed by atoms with Gasteiger partial charge < -0.3 is 0 Å². The third-order valence-electron chi connectivity index (χ3n) is 4.61. The molecule has 0 radical (unpaired) electrons. The van der Waals surface area contributed by atoms with E-state index < -0.39 is 0 Å². The molecule has 0 saturated carbocycles. The number of rotatable bonds is 1. The minimum atomic E-state index is 0.0977. The fourth-order valence-electron chi connectivity index (χ4n) is 3.23. The van der Waals surface area contributed by atoms with E-state index >= 15 is 0 Å². The quantitative estimate of drug-likeness (QED) is 0.636. The second-order valence-corrected chi connectivity index (χ2v) is 7.57. The van der Waals surface area contributed by atoms with Gasteiger partial charge in [-0.3, -0.25) is 0 Å². The highest BCUT2D eigenvalue weighted by atomic mass is 15.5. The van der Waals surface area contributed by atoms with Crippen molar-refractivity contribution in [1.29, 1.82) is 0 Å². The van der Waals surface area contributed by atoms with Gasteiger partial charge >= 0.3 is 0 Å². The van der Waals surface area contributed by atoms with Crippen LogP contribution >= 0.6 is 0 Å². The largest absolute Gasteiger partial charge is 0.150 e. The normalized spacial score (nSPS) is 12.1. The molecular weight excluding hydrogens is 282 g/mol. The number of fused-ring (bicyclic) bond motifs is 1. The average molecular weight is 307 g/mol. The van der Waals surface area contributed by atoms with Crippen LogP contribution in [0.4, 0.5) is 0 Å². The minimum Gasteiger partial charge on any atom is -0.150 e.